The van der Waals surface area contributed by atoms with Gasteiger partial charge in [0.2, 0.25) is 0 Å². The van der Waals surface area contributed by atoms with Gasteiger partial charge in [0, 0.05) is 0 Å². The number of carboxylic acids is 1. The second kappa shape index (κ2) is 14.8. The Labute approximate surface area is 124 Å². The molecule has 0 aliphatic carbocycles. The normalized spacial score (nSPS) is 12.5. The van der Waals surface area contributed by atoms with Crippen molar-refractivity contribution in [3.63, 3.8) is 0 Å². The van der Waals surface area contributed by atoms with Gasteiger partial charge < -0.3 is 10.2 Å². The van der Waals surface area contributed by atoms with E-state index in [-0.39, 0.29) is 6.42 Å². The Morgan fingerprint density at radius 1 is 0.800 bits per heavy atom. The van der Waals surface area contributed by atoms with Gasteiger partial charge in [0.05, 0.1) is 12.5 Å². The molecule has 0 aromatic rings. The summed E-state index contributed by atoms with van der Waals surface area (Å²) in [5, 5.41) is 17.9. The molecule has 0 aliphatic rings. The fourth-order valence-electron chi connectivity index (χ4n) is 2.52. The topological polar surface area (TPSA) is 57.5 Å². The lowest BCUT2D eigenvalue weighted by molar-refractivity contribution is -0.139. The number of aliphatic hydroxyl groups excluding tert-OH is 1. The van der Waals surface area contributed by atoms with Gasteiger partial charge in [-0.2, -0.15) is 0 Å². The molecule has 0 unspecified atom stereocenters. The van der Waals surface area contributed by atoms with Crippen LogP contribution in [0.25, 0.3) is 0 Å². The van der Waals surface area contributed by atoms with Gasteiger partial charge in [-0.05, 0) is 6.42 Å². The van der Waals surface area contributed by atoms with Crippen LogP contribution in [0.1, 0.15) is 96.8 Å². The molecule has 0 heterocycles. The fraction of sp³-hybridized carbons (Fsp3) is 0.941. The lowest BCUT2D eigenvalue weighted by Gasteiger charge is -2.07. The summed E-state index contributed by atoms with van der Waals surface area (Å²) in [5.74, 6) is -0.906. The molecule has 3 heteroatoms. The van der Waals surface area contributed by atoms with Crippen LogP contribution in [0.15, 0.2) is 0 Å². The molecule has 0 radical (unpaired) electrons. The Balaban J connectivity index is 3.08. The smallest absolute Gasteiger partial charge is 0.305 e. The molecule has 0 aromatic heterocycles. The highest BCUT2D eigenvalue weighted by Crippen LogP contribution is 2.13. The number of rotatable bonds is 15. The third kappa shape index (κ3) is 15.5. The highest BCUT2D eigenvalue weighted by Gasteiger charge is 2.08. The molecule has 0 saturated carbocycles. The maximum atomic E-state index is 10.4. The lowest BCUT2D eigenvalue weighted by Crippen LogP contribution is -2.12. The third-order valence-electron chi connectivity index (χ3n) is 3.80. The number of carboxylic acid groups (broad SMARTS) is 1. The summed E-state index contributed by atoms with van der Waals surface area (Å²) in [6.45, 7) is 2.25. The molecule has 2 N–H and O–H groups in total. The molecule has 0 fully saturated rings. The second-order valence-electron chi connectivity index (χ2n) is 5.93. The molecule has 0 spiro atoms. The summed E-state index contributed by atoms with van der Waals surface area (Å²) in [6, 6.07) is 0. The number of hydrogen-bond acceptors (Lipinski definition) is 2. The van der Waals surface area contributed by atoms with E-state index in [0.717, 1.165) is 12.8 Å². The van der Waals surface area contributed by atoms with E-state index in [1.165, 1.54) is 64.2 Å². The van der Waals surface area contributed by atoms with Crippen molar-refractivity contribution in [2.24, 2.45) is 0 Å². The lowest BCUT2D eigenvalue weighted by atomic mass is 10.0. The molecular weight excluding hydrogens is 252 g/mol. The number of aliphatic carboxylic acids is 1. The zero-order chi connectivity index (χ0) is 15.1. The zero-order valence-corrected chi connectivity index (χ0v) is 13.3. The second-order valence-corrected chi connectivity index (χ2v) is 5.93. The summed E-state index contributed by atoms with van der Waals surface area (Å²) in [7, 11) is 0. The van der Waals surface area contributed by atoms with E-state index in [1.54, 1.807) is 0 Å². The molecule has 0 saturated heterocycles. The summed E-state index contributed by atoms with van der Waals surface area (Å²) >= 11 is 0. The van der Waals surface area contributed by atoms with E-state index in [9.17, 15) is 9.90 Å². The molecule has 0 bridgehead atoms. The maximum Gasteiger partial charge on any atom is 0.305 e. The van der Waals surface area contributed by atoms with Crippen LogP contribution in [0.4, 0.5) is 0 Å². The standard InChI is InChI=1S/C17H34O3/c1-2-3-4-5-6-7-8-9-10-11-12-13-14-16(18)15-17(19)20/h16,18H,2-15H2,1H3,(H,19,20)/t16-/m0/s1. The van der Waals surface area contributed by atoms with Crippen LogP contribution in [-0.4, -0.2) is 22.3 Å². The van der Waals surface area contributed by atoms with E-state index in [2.05, 4.69) is 6.92 Å². The SMILES string of the molecule is CCCCCCCCCCCCCC[C@H](O)CC(=O)O. The molecule has 0 aromatic carbocycles. The van der Waals surface area contributed by atoms with Crippen molar-refractivity contribution in [3.8, 4) is 0 Å². The van der Waals surface area contributed by atoms with E-state index in [1.807, 2.05) is 0 Å². The summed E-state index contributed by atoms with van der Waals surface area (Å²) in [5.41, 5.74) is 0. The summed E-state index contributed by atoms with van der Waals surface area (Å²) in [6.07, 6.45) is 15.4. The first-order chi connectivity index (χ1) is 9.66. The quantitative estimate of drug-likeness (QED) is 0.420. The van der Waals surface area contributed by atoms with Crippen molar-refractivity contribution < 1.29 is 15.0 Å². The van der Waals surface area contributed by atoms with Crippen molar-refractivity contribution in [1.82, 2.24) is 0 Å². The van der Waals surface area contributed by atoms with Gasteiger partial charge in [0.1, 0.15) is 0 Å². The first kappa shape index (κ1) is 19.4. The average Bonchev–Trinajstić information content (AvgIpc) is 2.39. The largest absolute Gasteiger partial charge is 0.481 e. The van der Waals surface area contributed by atoms with Crippen LogP contribution in [-0.2, 0) is 4.79 Å². The predicted molar refractivity (Wildman–Crippen MR) is 84.0 cm³/mol. The predicted octanol–water partition coefficient (Wildman–Crippen LogP) is 4.91. The zero-order valence-electron chi connectivity index (χ0n) is 13.3. The molecule has 20 heavy (non-hydrogen) atoms. The van der Waals surface area contributed by atoms with Crippen LogP contribution in [0.2, 0.25) is 0 Å². The molecule has 1 atom stereocenters. The number of carbonyl (C=O) groups is 1. The van der Waals surface area contributed by atoms with Crippen molar-refractivity contribution in [1.29, 1.82) is 0 Å². The Kier molecular flexibility index (Phi) is 14.4. The number of aliphatic hydroxyl groups is 1. The Hall–Kier alpha value is -0.570. The first-order valence-electron chi connectivity index (χ1n) is 8.56. The van der Waals surface area contributed by atoms with Gasteiger partial charge in [-0.1, -0.05) is 84.0 Å². The van der Waals surface area contributed by atoms with Gasteiger partial charge >= 0.3 is 5.97 Å². The van der Waals surface area contributed by atoms with Crippen LogP contribution >= 0.6 is 0 Å². The van der Waals surface area contributed by atoms with E-state index in [4.69, 9.17) is 5.11 Å². The third-order valence-corrected chi connectivity index (χ3v) is 3.80. The highest BCUT2D eigenvalue weighted by atomic mass is 16.4. The minimum Gasteiger partial charge on any atom is -0.481 e. The van der Waals surface area contributed by atoms with Crippen molar-refractivity contribution in [2.75, 3.05) is 0 Å². The molecule has 0 amide bonds. The Morgan fingerprint density at radius 2 is 1.20 bits per heavy atom. The molecule has 120 valence electrons. The minimum absolute atomic E-state index is 0.113. The average molecular weight is 286 g/mol. The Bertz CT molecular complexity index is 216. The van der Waals surface area contributed by atoms with Gasteiger partial charge in [-0.3, -0.25) is 4.79 Å². The van der Waals surface area contributed by atoms with Crippen LogP contribution in [0, 0.1) is 0 Å². The van der Waals surface area contributed by atoms with Crippen LogP contribution in [0.5, 0.6) is 0 Å². The van der Waals surface area contributed by atoms with Crippen LogP contribution < -0.4 is 0 Å². The van der Waals surface area contributed by atoms with Gasteiger partial charge in [0.25, 0.3) is 0 Å². The van der Waals surface area contributed by atoms with E-state index >= 15 is 0 Å². The van der Waals surface area contributed by atoms with E-state index < -0.39 is 12.1 Å². The van der Waals surface area contributed by atoms with Crippen molar-refractivity contribution in [3.05, 3.63) is 0 Å². The van der Waals surface area contributed by atoms with Gasteiger partial charge in [0.15, 0.2) is 0 Å². The molecular formula is C17H34O3. The van der Waals surface area contributed by atoms with Crippen LogP contribution in [0.3, 0.4) is 0 Å². The van der Waals surface area contributed by atoms with Gasteiger partial charge in [-0.15, -0.1) is 0 Å². The Morgan fingerprint density at radius 3 is 1.60 bits per heavy atom. The highest BCUT2D eigenvalue weighted by molar-refractivity contribution is 5.67. The van der Waals surface area contributed by atoms with Gasteiger partial charge in [-0.25, -0.2) is 0 Å². The first-order valence-corrected chi connectivity index (χ1v) is 8.56. The fourth-order valence-corrected chi connectivity index (χ4v) is 2.52. The molecule has 0 rings (SSSR count). The number of unbranched alkanes of at least 4 members (excludes halogenated alkanes) is 11. The monoisotopic (exact) mass is 286 g/mol. The van der Waals surface area contributed by atoms with Crippen molar-refractivity contribution in [2.45, 2.75) is 103 Å². The maximum absolute atomic E-state index is 10.4. The van der Waals surface area contributed by atoms with E-state index in [0.29, 0.717) is 6.42 Å². The van der Waals surface area contributed by atoms with Crippen molar-refractivity contribution >= 4 is 5.97 Å². The number of hydrogen-bond donors (Lipinski definition) is 2. The minimum atomic E-state index is -0.906. The molecule has 3 nitrogen and oxygen atoms in total. The summed E-state index contributed by atoms with van der Waals surface area (Å²) < 4.78 is 0. The molecule has 0 aliphatic heterocycles. The summed E-state index contributed by atoms with van der Waals surface area (Å²) in [4.78, 5) is 10.4.